The minimum absolute atomic E-state index is 0.0237. The highest BCUT2D eigenvalue weighted by atomic mass is 32.1. The number of aromatic nitrogens is 2. The number of carbonyl (C=O) groups is 1. The van der Waals surface area contributed by atoms with Crippen LogP contribution in [0.5, 0.6) is 0 Å². The Kier molecular flexibility index (Phi) is 2.97. The summed E-state index contributed by atoms with van der Waals surface area (Å²) < 4.78 is 6.28. The second kappa shape index (κ2) is 4.42. The average molecular weight is 240 g/mol. The molecule has 2 heterocycles. The number of hydrogen-bond acceptors (Lipinski definition) is 5. The summed E-state index contributed by atoms with van der Waals surface area (Å²) in [4.78, 5) is 26.5. The fourth-order valence-electron chi connectivity index (χ4n) is 1.20. The largest absolute Gasteiger partial charge is 0.480 e. The Morgan fingerprint density at radius 1 is 1.62 bits per heavy atom. The van der Waals surface area contributed by atoms with Gasteiger partial charge in [-0.25, -0.2) is 9.78 Å². The molecule has 16 heavy (non-hydrogen) atoms. The summed E-state index contributed by atoms with van der Waals surface area (Å²) in [6.07, 6.45) is 1.64. The Morgan fingerprint density at radius 2 is 2.44 bits per heavy atom. The van der Waals surface area contributed by atoms with Crippen LogP contribution in [-0.4, -0.2) is 27.1 Å². The number of hydrogen-bond donors (Lipinski definition) is 1. The van der Waals surface area contributed by atoms with Crippen LogP contribution < -0.4 is 5.56 Å². The van der Waals surface area contributed by atoms with Crippen molar-refractivity contribution in [1.29, 1.82) is 0 Å². The molecule has 84 valence electrons. The molecule has 0 saturated carbocycles. The minimum Gasteiger partial charge on any atom is -0.480 e. The summed E-state index contributed by atoms with van der Waals surface area (Å²) in [5.41, 5.74) is 0.244. The van der Waals surface area contributed by atoms with Gasteiger partial charge in [0.05, 0.1) is 12.3 Å². The highest BCUT2D eigenvalue weighted by Gasteiger charge is 2.04. The Bertz CT molecular complexity index is 574. The quantitative estimate of drug-likeness (QED) is 0.834. The third-order valence-electron chi connectivity index (χ3n) is 1.83. The molecule has 0 fully saturated rings. The van der Waals surface area contributed by atoms with Crippen LogP contribution in [0.25, 0.3) is 4.96 Å². The minimum atomic E-state index is -1.05. The first-order valence-electron chi connectivity index (χ1n) is 4.42. The summed E-state index contributed by atoms with van der Waals surface area (Å²) in [6.45, 7) is -0.374. The normalized spacial score (nSPS) is 10.8. The standard InChI is InChI=1S/C9H8N2O4S/c12-7-3-6(4-15-5-8(13)14)10-9-11(7)1-2-16-9/h1-3H,4-5H2,(H,13,14). The summed E-state index contributed by atoms with van der Waals surface area (Å²) in [7, 11) is 0. The Hall–Kier alpha value is -1.73. The van der Waals surface area contributed by atoms with Crippen molar-refractivity contribution in [2.45, 2.75) is 6.61 Å². The molecule has 0 aliphatic rings. The van der Waals surface area contributed by atoms with Crippen LogP contribution in [-0.2, 0) is 16.1 Å². The first-order valence-corrected chi connectivity index (χ1v) is 5.30. The molecule has 0 aromatic carbocycles. The third-order valence-corrected chi connectivity index (χ3v) is 2.59. The maximum atomic E-state index is 11.5. The smallest absolute Gasteiger partial charge is 0.329 e. The number of carboxylic acid groups (broad SMARTS) is 1. The number of rotatable bonds is 4. The van der Waals surface area contributed by atoms with E-state index in [0.717, 1.165) is 0 Å². The highest BCUT2D eigenvalue weighted by Crippen LogP contribution is 2.06. The van der Waals surface area contributed by atoms with Gasteiger partial charge >= 0.3 is 5.97 Å². The molecule has 6 nitrogen and oxygen atoms in total. The number of fused-ring (bicyclic) bond motifs is 1. The summed E-state index contributed by atoms with van der Waals surface area (Å²) >= 11 is 1.34. The van der Waals surface area contributed by atoms with Gasteiger partial charge in [0.25, 0.3) is 5.56 Å². The van der Waals surface area contributed by atoms with E-state index in [2.05, 4.69) is 4.98 Å². The van der Waals surface area contributed by atoms with Gasteiger partial charge in [-0.2, -0.15) is 0 Å². The zero-order valence-electron chi connectivity index (χ0n) is 8.12. The average Bonchev–Trinajstić information content (AvgIpc) is 2.65. The van der Waals surface area contributed by atoms with Crippen molar-refractivity contribution >= 4 is 22.3 Å². The SMILES string of the molecule is O=C(O)COCc1cc(=O)n2ccsc2n1. The van der Waals surface area contributed by atoms with Crippen molar-refractivity contribution in [3.8, 4) is 0 Å². The molecule has 1 N–H and O–H groups in total. The molecular formula is C9H8N2O4S. The predicted octanol–water partition coefficient (Wildman–Crippen LogP) is 0.357. The predicted molar refractivity (Wildman–Crippen MR) is 56.6 cm³/mol. The van der Waals surface area contributed by atoms with Crippen molar-refractivity contribution in [3.63, 3.8) is 0 Å². The van der Waals surface area contributed by atoms with Gasteiger partial charge in [0, 0.05) is 17.6 Å². The molecule has 7 heteroatoms. The second-order valence-corrected chi connectivity index (χ2v) is 3.90. The van der Waals surface area contributed by atoms with Gasteiger partial charge in [0.1, 0.15) is 6.61 Å². The number of carboxylic acids is 1. The van der Waals surface area contributed by atoms with E-state index in [0.29, 0.717) is 10.7 Å². The maximum absolute atomic E-state index is 11.5. The van der Waals surface area contributed by atoms with Crippen LogP contribution in [0.3, 0.4) is 0 Å². The van der Waals surface area contributed by atoms with Crippen LogP contribution in [0, 0.1) is 0 Å². The Balaban J connectivity index is 2.18. The van der Waals surface area contributed by atoms with Gasteiger partial charge < -0.3 is 9.84 Å². The number of thiazole rings is 1. The molecular weight excluding hydrogens is 232 g/mol. The summed E-state index contributed by atoms with van der Waals surface area (Å²) in [5.74, 6) is -1.05. The van der Waals surface area contributed by atoms with Crippen molar-refractivity contribution in [2.24, 2.45) is 0 Å². The van der Waals surface area contributed by atoms with Crippen LogP contribution in [0.15, 0.2) is 22.4 Å². The monoisotopic (exact) mass is 240 g/mol. The van der Waals surface area contributed by atoms with Gasteiger partial charge in [0.15, 0.2) is 4.96 Å². The van der Waals surface area contributed by atoms with Crippen LogP contribution >= 0.6 is 11.3 Å². The van der Waals surface area contributed by atoms with E-state index in [-0.39, 0.29) is 12.2 Å². The van der Waals surface area contributed by atoms with Crippen LogP contribution in [0.4, 0.5) is 0 Å². The van der Waals surface area contributed by atoms with E-state index in [9.17, 15) is 9.59 Å². The lowest BCUT2D eigenvalue weighted by Gasteiger charge is -2.00. The molecule has 0 saturated heterocycles. The molecule has 2 rings (SSSR count). The van der Waals surface area contributed by atoms with E-state index in [1.807, 2.05) is 0 Å². The molecule has 0 bridgehead atoms. The lowest BCUT2D eigenvalue weighted by atomic mass is 10.4. The van der Waals surface area contributed by atoms with Crippen molar-refractivity contribution < 1.29 is 14.6 Å². The van der Waals surface area contributed by atoms with Crippen molar-refractivity contribution in [1.82, 2.24) is 9.38 Å². The van der Waals surface area contributed by atoms with E-state index in [1.165, 1.54) is 21.8 Å². The molecule has 0 aliphatic carbocycles. The van der Waals surface area contributed by atoms with Gasteiger partial charge in [-0.1, -0.05) is 0 Å². The second-order valence-electron chi connectivity index (χ2n) is 3.03. The first kappa shape index (κ1) is 10.8. The van der Waals surface area contributed by atoms with Crippen LogP contribution in [0.1, 0.15) is 5.69 Å². The van der Waals surface area contributed by atoms with E-state index in [4.69, 9.17) is 9.84 Å². The Labute approximate surface area is 93.7 Å². The van der Waals surface area contributed by atoms with Crippen molar-refractivity contribution in [3.05, 3.63) is 33.7 Å². The first-order chi connectivity index (χ1) is 7.66. The number of nitrogens with zero attached hydrogens (tertiary/aromatic N) is 2. The fourth-order valence-corrected chi connectivity index (χ4v) is 1.94. The number of aliphatic carboxylic acids is 1. The van der Waals surface area contributed by atoms with E-state index >= 15 is 0 Å². The van der Waals surface area contributed by atoms with Gasteiger partial charge in [-0.3, -0.25) is 9.20 Å². The fraction of sp³-hybridized carbons (Fsp3) is 0.222. The van der Waals surface area contributed by atoms with Gasteiger partial charge in [-0.15, -0.1) is 11.3 Å². The van der Waals surface area contributed by atoms with Gasteiger partial charge in [0.2, 0.25) is 0 Å². The molecule has 0 aliphatic heterocycles. The maximum Gasteiger partial charge on any atom is 0.329 e. The van der Waals surface area contributed by atoms with E-state index < -0.39 is 12.6 Å². The molecule has 0 unspecified atom stereocenters. The molecule has 0 radical (unpaired) electrons. The zero-order chi connectivity index (χ0) is 11.5. The molecule has 0 amide bonds. The van der Waals surface area contributed by atoms with Crippen molar-refractivity contribution in [2.75, 3.05) is 6.61 Å². The lowest BCUT2D eigenvalue weighted by Crippen LogP contribution is -2.14. The van der Waals surface area contributed by atoms with Gasteiger partial charge in [-0.05, 0) is 0 Å². The third kappa shape index (κ3) is 2.26. The molecule has 2 aromatic heterocycles. The topological polar surface area (TPSA) is 80.9 Å². The lowest BCUT2D eigenvalue weighted by molar-refractivity contribution is -0.142. The molecule has 0 atom stereocenters. The zero-order valence-corrected chi connectivity index (χ0v) is 8.94. The highest BCUT2D eigenvalue weighted by molar-refractivity contribution is 7.15. The molecule has 0 spiro atoms. The number of ether oxygens (including phenoxy) is 1. The summed E-state index contributed by atoms with van der Waals surface area (Å²) in [6, 6.07) is 1.33. The Morgan fingerprint density at radius 3 is 3.19 bits per heavy atom. The summed E-state index contributed by atoms with van der Waals surface area (Å²) in [5, 5.41) is 10.1. The molecule has 2 aromatic rings. The van der Waals surface area contributed by atoms with Crippen LogP contribution in [0.2, 0.25) is 0 Å². The van der Waals surface area contributed by atoms with E-state index in [1.54, 1.807) is 11.6 Å².